The van der Waals surface area contributed by atoms with Gasteiger partial charge >= 0.3 is 0 Å². The third-order valence-electron chi connectivity index (χ3n) is 2.07. The summed E-state index contributed by atoms with van der Waals surface area (Å²) in [5.41, 5.74) is 0.313. The third-order valence-corrected chi connectivity index (χ3v) is 2.63. The van der Waals surface area contributed by atoms with E-state index in [1.165, 1.54) is 12.3 Å². The summed E-state index contributed by atoms with van der Waals surface area (Å²) in [7, 11) is 0. The molecule has 0 radical (unpaired) electrons. The molecule has 2 aromatic rings. The normalized spacial score (nSPS) is 10.8. The highest BCUT2D eigenvalue weighted by molar-refractivity contribution is 9.08. The van der Waals surface area contributed by atoms with Gasteiger partial charge in [0.05, 0.1) is 0 Å². The number of aromatic nitrogens is 1. The quantitative estimate of drug-likeness (QED) is 0.714. The van der Waals surface area contributed by atoms with E-state index >= 15 is 0 Å². The van der Waals surface area contributed by atoms with Crippen molar-refractivity contribution in [1.82, 2.24) is 4.98 Å². The fourth-order valence-corrected chi connectivity index (χ4v) is 1.92. The summed E-state index contributed by atoms with van der Waals surface area (Å²) < 4.78 is 26.4. The average Bonchev–Trinajstić information content (AvgIpc) is 2.20. The Kier molecular flexibility index (Phi) is 2.46. The Bertz CT molecular complexity index is 485. The summed E-state index contributed by atoms with van der Waals surface area (Å²) in [5.74, 6) is -1.62. The monoisotopic (exact) mass is 257 g/mol. The third kappa shape index (κ3) is 1.39. The number of hydrogen-bond donors (Lipinski definition) is 0. The molecule has 14 heavy (non-hydrogen) atoms. The van der Waals surface area contributed by atoms with Gasteiger partial charge in [0, 0.05) is 28.7 Å². The van der Waals surface area contributed by atoms with Crippen molar-refractivity contribution in [3.63, 3.8) is 0 Å². The first-order valence-electron chi connectivity index (χ1n) is 4.00. The number of rotatable bonds is 1. The number of benzene rings is 1. The van der Waals surface area contributed by atoms with Gasteiger partial charge < -0.3 is 0 Å². The molecule has 0 bridgehead atoms. The van der Waals surface area contributed by atoms with Gasteiger partial charge in [-0.05, 0) is 17.5 Å². The molecule has 0 atom stereocenters. The molecular weight excluding hydrogens is 252 g/mol. The lowest BCUT2D eigenvalue weighted by atomic mass is 10.1. The molecule has 1 aromatic heterocycles. The zero-order valence-corrected chi connectivity index (χ0v) is 8.68. The van der Waals surface area contributed by atoms with Crippen molar-refractivity contribution in [2.45, 2.75) is 5.33 Å². The van der Waals surface area contributed by atoms with Crippen LogP contribution in [0.25, 0.3) is 10.8 Å². The van der Waals surface area contributed by atoms with Gasteiger partial charge in [-0.25, -0.2) is 8.78 Å². The topological polar surface area (TPSA) is 12.9 Å². The largest absolute Gasteiger partial charge is 0.264 e. The van der Waals surface area contributed by atoms with Crippen molar-refractivity contribution < 1.29 is 8.78 Å². The van der Waals surface area contributed by atoms with E-state index < -0.39 is 11.6 Å². The molecule has 0 aliphatic carbocycles. The van der Waals surface area contributed by atoms with Gasteiger partial charge in [-0.15, -0.1) is 0 Å². The van der Waals surface area contributed by atoms with Crippen LogP contribution in [0.1, 0.15) is 5.56 Å². The Balaban J connectivity index is 2.89. The fraction of sp³-hybridized carbons (Fsp3) is 0.100. The van der Waals surface area contributed by atoms with Crippen molar-refractivity contribution in [2.24, 2.45) is 0 Å². The second kappa shape index (κ2) is 3.61. The molecule has 0 aliphatic rings. The number of halogens is 3. The van der Waals surface area contributed by atoms with Gasteiger partial charge in [0.1, 0.15) is 0 Å². The molecule has 1 aromatic carbocycles. The van der Waals surface area contributed by atoms with E-state index in [0.717, 1.165) is 0 Å². The highest BCUT2D eigenvalue weighted by Gasteiger charge is 2.11. The minimum absolute atomic E-state index is 0.277. The minimum Gasteiger partial charge on any atom is -0.264 e. The molecule has 4 heteroatoms. The number of nitrogens with zero attached hydrogens (tertiary/aromatic N) is 1. The number of alkyl halides is 1. The zero-order chi connectivity index (χ0) is 10.1. The van der Waals surface area contributed by atoms with Gasteiger partial charge in [-0.3, -0.25) is 4.98 Å². The van der Waals surface area contributed by atoms with Crippen LogP contribution in [0.15, 0.2) is 24.5 Å². The van der Waals surface area contributed by atoms with Gasteiger partial charge in [-0.1, -0.05) is 15.9 Å². The maximum absolute atomic E-state index is 13.3. The lowest BCUT2D eigenvalue weighted by Crippen LogP contribution is -1.94. The number of fused-ring (bicyclic) bond motifs is 1. The van der Waals surface area contributed by atoms with Crippen molar-refractivity contribution in [1.29, 1.82) is 0 Å². The molecule has 0 aliphatic heterocycles. The predicted molar refractivity (Wildman–Crippen MR) is 54.3 cm³/mol. The van der Waals surface area contributed by atoms with Gasteiger partial charge in [0.2, 0.25) is 0 Å². The van der Waals surface area contributed by atoms with Crippen LogP contribution >= 0.6 is 15.9 Å². The molecule has 1 nitrogen and oxygen atoms in total. The van der Waals surface area contributed by atoms with E-state index in [1.807, 2.05) is 0 Å². The first-order chi connectivity index (χ1) is 6.74. The first kappa shape index (κ1) is 9.52. The van der Waals surface area contributed by atoms with Gasteiger partial charge in [0.25, 0.3) is 0 Å². The van der Waals surface area contributed by atoms with E-state index in [1.54, 1.807) is 12.3 Å². The van der Waals surface area contributed by atoms with Crippen LogP contribution in [0.3, 0.4) is 0 Å². The molecule has 0 unspecified atom stereocenters. The smallest absolute Gasteiger partial charge is 0.163 e. The first-order valence-corrected chi connectivity index (χ1v) is 5.12. The van der Waals surface area contributed by atoms with Crippen molar-refractivity contribution in [2.75, 3.05) is 0 Å². The van der Waals surface area contributed by atoms with Crippen molar-refractivity contribution >= 4 is 26.7 Å². The van der Waals surface area contributed by atoms with Crippen LogP contribution in [0.5, 0.6) is 0 Å². The molecule has 0 spiro atoms. The Morgan fingerprint density at radius 2 is 2.14 bits per heavy atom. The van der Waals surface area contributed by atoms with E-state index in [4.69, 9.17) is 0 Å². The molecule has 0 saturated heterocycles. The summed E-state index contributed by atoms with van der Waals surface area (Å²) >= 11 is 3.13. The molecule has 0 N–H and O–H groups in total. The molecular formula is C10H6BrF2N. The summed E-state index contributed by atoms with van der Waals surface area (Å²) in [4.78, 5) is 3.88. The van der Waals surface area contributed by atoms with Crippen LogP contribution in [-0.4, -0.2) is 4.98 Å². The lowest BCUT2D eigenvalue weighted by molar-refractivity contribution is 0.505. The SMILES string of the molecule is Fc1cc2ccncc2c(CBr)c1F. The standard InChI is InChI=1S/C10H6BrF2N/c11-4-7-8-5-14-2-1-6(8)3-9(12)10(7)13/h1-3,5H,4H2. The number of pyridine rings is 1. The molecule has 0 amide bonds. The van der Waals surface area contributed by atoms with Crippen molar-refractivity contribution in [3.8, 4) is 0 Å². The molecule has 0 saturated carbocycles. The highest BCUT2D eigenvalue weighted by atomic mass is 79.9. The predicted octanol–water partition coefficient (Wildman–Crippen LogP) is 3.41. The van der Waals surface area contributed by atoms with E-state index in [-0.39, 0.29) is 5.33 Å². The zero-order valence-electron chi connectivity index (χ0n) is 7.10. The Hall–Kier alpha value is -1.03. The second-order valence-electron chi connectivity index (χ2n) is 2.88. The summed E-state index contributed by atoms with van der Waals surface area (Å²) in [6.45, 7) is 0. The molecule has 2 rings (SSSR count). The Morgan fingerprint density at radius 3 is 2.86 bits per heavy atom. The van der Waals surface area contributed by atoms with Crippen LogP contribution < -0.4 is 0 Å². The minimum atomic E-state index is -0.821. The maximum Gasteiger partial charge on any atom is 0.163 e. The number of hydrogen-bond acceptors (Lipinski definition) is 1. The lowest BCUT2D eigenvalue weighted by Gasteiger charge is -2.05. The molecule has 1 heterocycles. The van der Waals surface area contributed by atoms with Crippen LogP contribution in [0.4, 0.5) is 8.78 Å². The van der Waals surface area contributed by atoms with Crippen LogP contribution in [0, 0.1) is 11.6 Å². The second-order valence-corrected chi connectivity index (χ2v) is 3.44. The van der Waals surface area contributed by atoms with Gasteiger partial charge in [0.15, 0.2) is 11.6 Å². The summed E-state index contributed by atoms with van der Waals surface area (Å²) in [6, 6.07) is 2.84. The Labute approximate surface area is 87.9 Å². The summed E-state index contributed by atoms with van der Waals surface area (Å²) in [6.07, 6.45) is 3.09. The van der Waals surface area contributed by atoms with E-state index in [0.29, 0.717) is 16.3 Å². The van der Waals surface area contributed by atoms with E-state index in [2.05, 4.69) is 20.9 Å². The molecule has 0 fully saturated rings. The fourth-order valence-electron chi connectivity index (χ4n) is 1.38. The van der Waals surface area contributed by atoms with Gasteiger partial charge in [-0.2, -0.15) is 0 Å². The Morgan fingerprint density at radius 1 is 1.36 bits per heavy atom. The van der Waals surface area contributed by atoms with Crippen LogP contribution in [-0.2, 0) is 5.33 Å². The average molecular weight is 258 g/mol. The van der Waals surface area contributed by atoms with Crippen molar-refractivity contribution in [3.05, 3.63) is 41.7 Å². The van der Waals surface area contributed by atoms with Crippen LogP contribution in [0.2, 0.25) is 0 Å². The summed E-state index contributed by atoms with van der Waals surface area (Å²) in [5, 5.41) is 1.58. The maximum atomic E-state index is 13.3. The highest BCUT2D eigenvalue weighted by Crippen LogP contribution is 2.25. The molecule has 72 valence electrons. The van der Waals surface area contributed by atoms with E-state index in [9.17, 15) is 8.78 Å².